The van der Waals surface area contributed by atoms with Crippen LogP contribution >= 0.6 is 0 Å². The lowest BCUT2D eigenvalue weighted by molar-refractivity contribution is 0.0696. The molecule has 1 aromatic rings. The number of carbonyl (C=O) groups is 1. The van der Waals surface area contributed by atoms with Crippen LogP contribution in [0.25, 0.3) is 5.57 Å². The van der Waals surface area contributed by atoms with Crippen molar-refractivity contribution in [3.05, 3.63) is 41.0 Å². The van der Waals surface area contributed by atoms with E-state index in [4.69, 9.17) is 5.11 Å². The standard InChI is InChI=1S/C14H16O2/c1-10-12(11-6-3-2-4-7-11)8-5-9-13(10)14(15)16/h5-6,8-9H,2-4,7H2,1H3,(H,15,16). The van der Waals surface area contributed by atoms with Gasteiger partial charge < -0.3 is 5.11 Å². The SMILES string of the molecule is Cc1c(C(=O)O)cccc1C1=CCCCC1. The van der Waals surface area contributed by atoms with Gasteiger partial charge in [0.05, 0.1) is 5.56 Å². The van der Waals surface area contributed by atoms with Crippen molar-refractivity contribution in [2.24, 2.45) is 0 Å². The Bertz CT molecular complexity index is 444. The Morgan fingerprint density at radius 3 is 2.75 bits per heavy atom. The van der Waals surface area contributed by atoms with Crippen LogP contribution in [0.15, 0.2) is 24.3 Å². The first-order valence-corrected chi connectivity index (χ1v) is 5.72. The van der Waals surface area contributed by atoms with Gasteiger partial charge in [0.15, 0.2) is 0 Å². The number of benzene rings is 1. The van der Waals surface area contributed by atoms with Gasteiger partial charge in [-0.05, 0) is 55.4 Å². The number of hydrogen-bond donors (Lipinski definition) is 1. The van der Waals surface area contributed by atoms with Crippen LogP contribution in [0.2, 0.25) is 0 Å². The minimum atomic E-state index is -0.837. The van der Waals surface area contributed by atoms with E-state index in [0.717, 1.165) is 24.0 Å². The Labute approximate surface area is 95.6 Å². The molecule has 84 valence electrons. The van der Waals surface area contributed by atoms with Crippen molar-refractivity contribution in [1.82, 2.24) is 0 Å². The van der Waals surface area contributed by atoms with Gasteiger partial charge in [-0.1, -0.05) is 18.2 Å². The van der Waals surface area contributed by atoms with Gasteiger partial charge in [0, 0.05) is 0 Å². The zero-order chi connectivity index (χ0) is 11.5. The summed E-state index contributed by atoms with van der Waals surface area (Å²) < 4.78 is 0. The van der Waals surface area contributed by atoms with E-state index in [0.29, 0.717) is 5.56 Å². The second kappa shape index (κ2) is 4.52. The monoisotopic (exact) mass is 216 g/mol. The summed E-state index contributed by atoms with van der Waals surface area (Å²) in [7, 11) is 0. The van der Waals surface area contributed by atoms with Crippen LogP contribution in [-0.2, 0) is 0 Å². The minimum Gasteiger partial charge on any atom is -0.478 e. The Hall–Kier alpha value is -1.57. The van der Waals surface area contributed by atoms with E-state index in [1.807, 2.05) is 19.1 Å². The van der Waals surface area contributed by atoms with Crippen molar-refractivity contribution in [3.63, 3.8) is 0 Å². The van der Waals surface area contributed by atoms with E-state index in [1.54, 1.807) is 6.07 Å². The van der Waals surface area contributed by atoms with Gasteiger partial charge in [-0.15, -0.1) is 0 Å². The average Bonchev–Trinajstić information content (AvgIpc) is 2.30. The van der Waals surface area contributed by atoms with Crippen molar-refractivity contribution in [2.45, 2.75) is 32.6 Å². The highest BCUT2D eigenvalue weighted by molar-refractivity contribution is 5.91. The fourth-order valence-corrected chi connectivity index (χ4v) is 2.30. The fourth-order valence-electron chi connectivity index (χ4n) is 2.30. The second-order valence-electron chi connectivity index (χ2n) is 4.26. The maximum Gasteiger partial charge on any atom is 0.335 e. The first kappa shape index (κ1) is 10.9. The normalized spacial score (nSPS) is 15.7. The van der Waals surface area contributed by atoms with Crippen LogP contribution in [0.1, 0.15) is 47.2 Å². The molecule has 0 atom stereocenters. The van der Waals surface area contributed by atoms with Crippen LogP contribution in [0, 0.1) is 6.92 Å². The lowest BCUT2D eigenvalue weighted by Gasteiger charge is -2.16. The summed E-state index contributed by atoms with van der Waals surface area (Å²) in [5.41, 5.74) is 3.73. The Kier molecular flexibility index (Phi) is 3.09. The van der Waals surface area contributed by atoms with Gasteiger partial charge in [-0.3, -0.25) is 0 Å². The van der Waals surface area contributed by atoms with Crippen LogP contribution in [0.5, 0.6) is 0 Å². The lowest BCUT2D eigenvalue weighted by atomic mass is 9.89. The Morgan fingerprint density at radius 1 is 1.31 bits per heavy atom. The molecule has 0 saturated carbocycles. The number of rotatable bonds is 2. The third-order valence-corrected chi connectivity index (χ3v) is 3.20. The zero-order valence-electron chi connectivity index (χ0n) is 9.49. The predicted molar refractivity (Wildman–Crippen MR) is 64.6 cm³/mol. The summed E-state index contributed by atoms with van der Waals surface area (Å²) in [5, 5.41) is 9.07. The first-order valence-electron chi connectivity index (χ1n) is 5.72. The third kappa shape index (κ3) is 2.01. The van der Waals surface area contributed by atoms with Gasteiger partial charge in [0.25, 0.3) is 0 Å². The Morgan fingerprint density at radius 2 is 2.12 bits per heavy atom. The molecule has 2 rings (SSSR count). The number of hydrogen-bond acceptors (Lipinski definition) is 1. The summed E-state index contributed by atoms with van der Waals surface area (Å²) in [6.45, 7) is 1.90. The molecule has 1 aliphatic rings. The first-order chi connectivity index (χ1) is 7.70. The third-order valence-electron chi connectivity index (χ3n) is 3.20. The molecule has 1 aliphatic carbocycles. The van der Waals surface area contributed by atoms with E-state index in [-0.39, 0.29) is 0 Å². The largest absolute Gasteiger partial charge is 0.478 e. The number of aromatic carboxylic acids is 1. The molecule has 2 nitrogen and oxygen atoms in total. The van der Waals surface area contributed by atoms with E-state index >= 15 is 0 Å². The van der Waals surface area contributed by atoms with E-state index in [1.165, 1.54) is 18.4 Å². The van der Waals surface area contributed by atoms with Gasteiger partial charge >= 0.3 is 5.97 Å². The molecule has 0 fully saturated rings. The van der Waals surface area contributed by atoms with Crippen molar-refractivity contribution in [3.8, 4) is 0 Å². The highest BCUT2D eigenvalue weighted by Gasteiger charge is 2.13. The number of allylic oxidation sites excluding steroid dienone is 2. The topological polar surface area (TPSA) is 37.3 Å². The molecular formula is C14H16O2. The number of carboxylic acid groups (broad SMARTS) is 1. The maximum atomic E-state index is 11.0. The molecule has 1 N–H and O–H groups in total. The predicted octanol–water partition coefficient (Wildman–Crippen LogP) is 3.65. The summed E-state index contributed by atoms with van der Waals surface area (Å²) in [4.78, 5) is 11.0. The molecular weight excluding hydrogens is 200 g/mol. The van der Waals surface area contributed by atoms with Crippen molar-refractivity contribution >= 4 is 11.5 Å². The molecule has 0 radical (unpaired) electrons. The van der Waals surface area contributed by atoms with E-state index in [9.17, 15) is 4.79 Å². The highest BCUT2D eigenvalue weighted by atomic mass is 16.4. The van der Waals surface area contributed by atoms with E-state index in [2.05, 4.69) is 6.08 Å². The fraction of sp³-hybridized carbons (Fsp3) is 0.357. The van der Waals surface area contributed by atoms with Crippen molar-refractivity contribution in [2.75, 3.05) is 0 Å². The summed E-state index contributed by atoms with van der Waals surface area (Å²) in [6.07, 6.45) is 6.90. The van der Waals surface area contributed by atoms with Gasteiger partial charge in [0.2, 0.25) is 0 Å². The second-order valence-corrected chi connectivity index (χ2v) is 4.26. The molecule has 0 aromatic heterocycles. The van der Waals surface area contributed by atoms with Gasteiger partial charge in [-0.2, -0.15) is 0 Å². The van der Waals surface area contributed by atoms with Crippen LogP contribution < -0.4 is 0 Å². The number of carboxylic acids is 1. The van der Waals surface area contributed by atoms with Crippen LogP contribution in [0.3, 0.4) is 0 Å². The van der Waals surface area contributed by atoms with Crippen molar-refractivity contribution in [1.29, 1.82) is 0 Å². The van der Waals surface area contributed by atoms with E-state index < -0.39 is 5.97 Å². The molecule has 0 aliphatic heterocycles. The summed E-state index contributed by atoms with van der Waals surface area (Å²) in [5.74, 6) is -0.837. The molecule has 0 heterocycles. The minimum absolute atomic E-state index is 0.420. The molecule has 0 bridgehead atoms. The van der Waals surface area contributed by atoms with Crippen molar-refractivity contribution < 1.29 is 9.90 Å². The van der Waals surface area contributed by atoms with Gasteiger partial charge in [-0.25, -0.2) is 4.79 Å². The smallest absolute Gasteiger partial charge is 0.335 e. The Balaban J connectivity index is 2.45. The summed E-state index contributed by atoms with van der Waals surface area (Å²) in [6, 6.07) is 5.53. The molecule has 16 heavy (non-hydrogen) atoms. The summed E-state index contributed by atoms with van der Waals surface area (Å²) >= 11 is 0. The van der Waals surface area contributed by atoms with Gasteiger partial charge in [0.1, 0.15) is 0 Å². The zero-order valence-corrected chi connectivity index (χ0v) is 9.49. The van der Waals surface area contributed by atoms with Crippen LogP contribution in [-0.4, -0.2) is 11.1 Å². The highest BCUT2D eigenvalue weighted by Crippen LogP contribution is 2.29. The molecule has 0 spiro atoms. The maximum absolute atomic E-state index is 11.0. The molecule has 0 unspecified atom stereocenters. The lowest BCUT2D eigenvalue weighted by Crippen LogP contribution is -2.03. The quantitative estimate of drug-likeness (QED) is 0.819. The molecule has 0 saturated heterocycles. The molecule has 1 aromatic carbocycles. The molecule has 0 amide bonds. The van der Waals surface area contributed by atoms with Crippen LogP contribution in [0.4, 0.5) is 0 Å². The average molecular weight is 216 g/mol. The molecule has 2 heteroatoms.